The molecule has 21 heavy (non-hydrogen) atoms. The summed E-state index contributed by atoms with van der Waals surface area (Å²) in [5.41, 5.74) is 7.82. The minimum absolute atomic E-state index is 0.640. The number of aromatic nitrogens is 2. The van der Waals surface area contributed by atoms with Gasteiger partial charge in [-0.2, -0.15) is 0 Å². The van der Waals surface area contributed by atoms with Crippen LogP contribution in [0, 0.1) is 0 Å². The van der Waals surface area contributed by atoms with Gasteiger partial charge in [0, 0.05) is 38.4 Å². The van der Waals surface area contributed by atoms with Crippen molar-refractivity contribution in [1.82, 2.24) is 14.9 Å². The Morgan fingerprint density at radius 3 is 2.67 bits per heavy atom. The van der Waals surface area contributed by atoms with Gasteiger partial charge in [0.05, 0.1) is 16.6 Å². The highest BCUT2D eigenvalue weighted by Gasteiger charge is 2.23. The van der Waals surface area contributed by atoms with E-state index in [1.165, 1.54) is 0 Å². The lowest BCUT2D eigenvalue weighted by atomic mass is 10.1. The van der Waals surface area contributed by atoms with Gasteiger partial charge in [0.1, 0.15) is 0 Å². The van der Waals surface area contributed by atoms with Gasteiger partial charge in [-0.05, 0) is 32.0 Å². The molecular formula is C15H23N5O. The predicted octanol–water partition coefficient (Wildman–Crippen LogP) is 1.04. The number of β-amino-alcohol motifs (C(OH)–C–C–N with tert-alkyl or cyclic N) is 1. The molecule has 1 aliphatic rings. The highest BCUT2D eigenvalue weighted by Crippen LogP contribution is 2.21. The molecule has 1 aliphatic heterocycles. The minimum atomic E-state index is -0.640. The summed E-state index contributed by atoms with van der Waals surface area (Å²) < 4.78 is 0. The average molecular weight is 289 g/mol. The van der Waals surface area contributed by atoms with E-state index in [9.17, 15) is 5.11 Å². The highest BCUT2D eigenvalue weighted by molar-refractivity contribution is 5.80. The monoisotopic (exact) mass is 289 g/mol. The molecule has 114 valence electrons. The first-order valence-electron chi connectivity index (χ1n) is 7.36. The van der Waals surface area contributed by atoms with E-state index in [2.05, 4.69) is 19.8 Å². The zero-order valence-electron chi connectivity index (χ0n) is 12.6. The molecule has 6 nitrogen and oxygen atoms in total. The Kier molecular flexibility index (Phi) is 3.51. The molecule has 1 saturated heterocycles. The lowest BCUT2D eigenvalue weighted by Crippen LogP contribution is -2.50. The van der Waals surface area contributed by atoms with Crippen LogP contribution in [-0.2, 0) is 0 Å². The Morgan fingerprint density at radius 2 is 2.00 bits per heavy atom. The van der Waals surface area contributed by atoms with Crippen molar-refractivity contribution in [1.29, 1.82) is 0 Å². The van der Waals surface area contributed by atoms with Gasteiger partial charge in [0.15, 0.2) is 0 Å². The van der Waals surface area contributed by atoms with Crippen molar-refractivity contribution in [3.8, 4) is 0 Å². The molecule has 0 radical (unpaired) electrons. The third-order valence-corrected chi connectivity index (χ3v) is 3.78. The lowest BCUT2D eigenvalue weighted by molar-refractivity contribution is 0.0344. The number of hydrogen-bond acceptors (Lipinski definition) is 5. The molecule has 0 spiro atoms. The van der Waals surface area contributed by atoms with Crippen LogP contribution in [0.4, 0.5) is 11.6 Å². The molecule has 1 aromatic heterocycles. The summed E-state index contributed by atoms with van der Waals surface area (Å²) in [5.74, 6) is 0.901. The van der Waals surface area contributed by atoms with E-state index in [1.54, 1.807) is 0 Å². The van der Waals surface area contributed by atoms with Crippen molar-refractivity contribution in [2.45, 2.75) is 19.4 Å². The standard InChI is InChI=1S/C15H23N5O/c1-15(2,21)10-19-5-7-20(8-6-19)14-17-12-4-3-11(16)9-13(12)18-14/h3-4,9,21H,5-8,10,16H2,1-2H3,(H,17,18). The maximum absolute atomic E-state index is 9.89. The van der Waals surface area contributed by atoms with Crippen molar-refractivity contribution in [3.05, 3.63) is 18.2 Å². The van der Waals surface area contributed by atoms with Crippen LogP contribution in [0.2, 0.25) is 0 Å². The van der Waals surface area contributed by atoms with E-state index in [0.29, 0.717) is 6.54 Å². The Bertz CT molecular complexity index is 623. The van der Waals surface area contributed by atoms with Gasteiger partial charge in [-0.25, -0.2) is 4.98 Å². The number of fused-ring (bicyclic) bond motifs is 1. The third-order valence-electron chi connectivity index (χ3n) is 3.78. The number of nitrogens with zero attached hydrogens (tertiary/aromatic N) is 3. The number of anilines is 2. The fourth-order valence-corrected chi connectivity index (χ4v) is 2.83. The number of nitrogens with two attached hydrogens (primary N) is 1. The van der Waals surface area contributed by atoms with Crippen molar-refractivity contribution < 1.29 is 5.11 Å². The van der Waals surface area contributed by atoms with Crippen LogP contribution in [0.25, 0.3) is 11.0 Å². The second kappa shape index (κ2) is 5.20. The van der Waals surface area contributed by atoms with Crippen molar-refractivity contribution in [2.75, 3.05) is 43.4 Å². The summed E-state index contributed by atoms with van der Waals surface area (Å²) in [4.78, 5) is 12.5. The summed E-state index contributed by atoms with van der Waals surface area (Å²) in [6.07, 6.45) is 0. The number of piperazine rings is 1. The number of rotatable bonds is 3. The van der Waals surface area contributed by atoms with Crippen LogP contribution in [0.1, 0.15) is 13.8 Å². The van der Waals surface area contributed by atoms with Crippen LogP contribution >= 0.6 is 0 Å². The molecular weight excluding hydrogens is 266 g/mol. The van der Waals surface area contributed by atoms with E-state index < -0.39 is 5.60 Å². The van der Waals surface area contributed by atoms with Crippen LogP contribution in [0.15, 0.2) is 18.2 Å². The van der Waals surface area contributed by atoms with Crippen molar-refractivity contribution in [3.63, 3.8) is 0 Å². The third kappa shape index (κ3) is 3.28. The highest BCUT2D eigenvalue weighted by atomic mass is 16.3. The predicted molar refractivity (Wildman–Crippen MR) is 85.5 cm³/mol. The van der Waals surface area contributed by atoms with Gasteiger partial charge in [-0.1, -0.05) is 0 Å². The second-order valence-electron chi connectivity index (χ2n) is 6.41. The van der Waals surface area contributed by atoms with E-state index >= 15 is 0 Å². The Labute approximate surface area is 124 Å². The smallest absolute Gasteiger partial charge is 0.203 e. The first kappa shape index (κ1) is 14.2. The Hall–Kier alpha value is -1.79. The van der Waals surface area contributed by atoms with E-state index in [4.69, 9.17) is 5.73 Å². The molecule has 0 saturated carbocycles. The van der Waals surface area contributed by atoms with Crippen LogP contribution < -0.4 is 10.6 Å². The summed E-state index contributed by atoms with van der Waals surface area (Å²) in [5, 5.41) is 9.89. The molecule has 0 amide bonds. The maximum Gasteiger partial charge on any atom is 0.203 e. The zero-order chi connectivity index (χ0) is 15.0. The first-order valence-corrected chi connectivity index (χ1v) is 7.36. The molecule has 0 unspecified atom stereocenters. The fourth-order valence-electron chi connectivity index (χ4n) is 2.83. The molecule has 4 N–H and O–H groups in total. The topological polar surface area (TPSA) is 81.4 Å². The summed E-state index contributed by atoms with van der Waals surface area (Å²) in [6, 6.07) is 5.72. The molecule has 2 heterocycles. The van der Waals surface area contributed by atoms with Gasteiger partial charge in [-0.3, -0.25) is 4.90 Å². The zero-order valence-corrected chi connectivity index (χ0v) is 12.6. The van der Waals surface area contributed by atoms with Crippen molar-refractivity contribution in [2.24, 2.45) is 0 Å². The molecule has 6 heteroatoms. The van der Waals surface area contributed by atoms with E-state index in [0.717, 1.165) is 48.8 Å². The van der Waals surface area contributed by atoms with Crippen molar-refractivity contribution >= 4 is 22.7 Å². The quantitative estimate of drug-likeness (QED) is 0.736. The molecule has 1 fully saturated rings. The van der Waals surface area contributed by atoms with E-state index in [-0.39, 0.29) is 0 Å². The number of nitrogens with one attached hydrogen (secondary N) is 1. The summed E-state index contributed by atoms with van der Waals surface area (Å²) >= 11 is 0. The molecule has 0 atom stereocenters. The summed E-state index contributed by atoms with van der Waals surface area (Å²) in [7, 11) is 0. The van der Waals surface area contributed by atoms with Gasteiger partial charge < -0.3 is 20.7 Å². The fraction of sp³-hybridized carbons (Fsp3) is 0.533. The number of aromatic amines is 1. The number of nitrogen functional groups attached to an aromatic ring is 1. The summed E-state index contributed by atoms with van der Waals surface area (Å²) in [6.45, 7) is 8.09. The molecule has 0 bridgehead atoms. The van der Waals surface area contributed by atoms with Gasteiger partial charge in [0.2, 0.25) is 5.95 Å². The maximum atomic E-state index is 9.89. The first-order chi connectivity index (χ1) is 9.90. The number of benzene rings is 1. The Balaban J connectivity index is 1.68. The second-order valence-corrected chi connectivity index (χ2v) is 6.41. The molecule has 3 rings (SSSR count). The number of imidazole rings is 1. The van der Waals surface area contributed by atoms with Gasteiger partial charge >= 0.3 is 0 Å². The Morgan fingerprint density at radius 1 is 1.29 bits per heavy atom. The number of H-pyrrole nitrogens is 1. The van der Waals surface area contributed by atoms with Gasteiger partial charge in [-0.15, -0.1) is 0 Å². The van der Waals surface area contributed by atoms with Crippen LogP contribution in [0.5, 0.6) is 0 Å². The van der Waals surface area contributed by atoms with Gasteiger partial charge in [0.25, 0.3) is 0 Å². The molecule has 1 aromatic carbocycles. The SMILES string of the molecule is CC(C)(O)CN1CCN(c2nc3ccc(N)cc3[nH]2)CC1. The molecule has 2 aromatic rings. The lowest BCUT2D eigenvalue weighted by Gasteiger charge is -2.37. The van der Waals surface area contributed by atoms with Crippen LogP contribution in [-0.4, -0.2) is 58.3 Å². The van der Waals surface area contributed by atoms with Crippen LogP contribution in [0.3, 0.4) is 0 Å². The normalized spacial score (nSPS) is 17.6. The minimum Gasteiger partial charge on any atom is -0.399 e. The van der Waals surface area contributed by atoms with E-state index in [1.807, 2.05) is 32.0 Å². The average Bonchev–Trinajstić information content (AvgIpc) is 2.80. The number of aliphatic hydroxyl groups is 1. The number of hydrogen-bond donors (Lipinski definition) is 3. The largest absolute Gasteiger partial charge is 0.399 e. The molecule has 0 aliphatic carbocycles.